The van der Waals surface area contributed by atoms with Gasteiger partial charge in [-0.15, -0.1) is 0 Å². The zero-order valence-corrected chi connectivity index (χ0v) is 24.9. The van der Waals surface area contributed by atoms with Crippen molar-refractivity contribution in [1.29, 1.82) is 0 Å². The van der Waals surface area contributed by atoms with Gasteiger partial charge in [0.2, 0.25) is 5.91 Å². The van der Waals surface area contributed by atoms with Crippen molar-refractivity contribution in [2.75, 3.05) is 80.8 Å². The lowest BCUT2D eigenvalue weighted by atomic mass is 10.1. The van der Waals surface area contributed by atoms with Crippen molar-refractivity contribution < 1.29 is 32.6 Å². The molecular weight excluding hydrogens is 582 g/mol. The Labute approximate surface area is 254 Å². The second-order valence-corrected chi connectivity index (χ2v) is 11.0. The van der Waals surface area contributed by atoms with Gasteiger partial charge in [-0.3, -0.25) is 14.7 Å². The summed E-state index contributed by atoms with van der Waals surface area (Å²) in [5.74, 6) is -0.808. The van der Waals surface area contributed by atoms with Crippen molar-refractivity contribution in [2.45, 2.75) is 31.8 Å². The number of nitrogens with one attached hydrogen (secondary N) is 1. The summed E-state index contributed by atoms with van der Waals surface area (Å²) < 4.78 is 46.4. The highest BCUT2D eigenvalue weighted by Crippen LogP contribution is 2.32. The van der Waals surface area contributed by atoms with Gasteiger partial charge in [-0.25, -0.2) is 24.0 Å². The summed E-state index contributed by atoms with van der Waals surface area (Å²) in [5.41, 5.74) is 3.99. The van der Waals surface area contributed by atoms with Crippen LogP contribution in [0, 0.1) is 11.6 Å². The van der Waals surface area contributed by atoms with Crippen molar-refractivity contribution in [3.63, 3.8) is 0 Å². The molecule has 11 nitrogen and oxygen atoms in total. The van der Waals surface area contributed by atoms with Gasteiger partial charge in [0, 0.05) is 63.9 Å². The summed E-state index contributed by atoms with van der Waals surface area (Å²) in [6.07, 6.45) is 2.33. The second-order valence-electron chi connectivity index (χ2n) is 10.6. The molecule has 5 rings (SSSR count). The lowest BCUT2D eigenvalue weighted by Gasteiger charge is -2.28. The van der Waals surface area contributed by atoms with Crippen LogP contribution in [-0.4, -0.2) is 99.3 Å². The molecule has 2 amide bonds. The number of cyclic esters (lactones) is 1. The maximum Gasteiger partial charge on any atom is 0.414 e. The normalized spacial score (nSPS) is 19.3. The Morgan fingerprint density at radius 1 is 1.09 bits per heavy atom. The number of hydrazine groups is 1. The minimum Gasteiger partial charge on any atom is -0.490 e. The van der Waals surface area contributed by atoms with E-state index in [-0.39, 0.29) is 49.9 Å². The van der Waals surface area contributed by atoms with E-state index in [0.717, 1.165) is 36.6 Å². The smallest absolute Gasteiger partial charge is 0.414 e. The fourth-order valence-corrected chi connectivity index (χ4v) is 5.53. The van der Waals surface area contributed by atoms with Gasteiger partial charge in [-0.1, -0.05) is 0 Å². The number of hydrogen-bond donors (Lipinski definition) is 1. The zero-order chi connectivity index (χ0) is 30.3. The van der Waals surface area contributed by atoms with E-state index in [1.807, 2.05) is 12.1 Å². The highest BCUT2D eigenvalue weighted by Gasteiger charge is 2.34. The summed E-state index contributed by atoms with van der Waals surface area (Å²) in [6, 6.07) is 6.19. The Morgan fingerprint density at radius 2 is 1.86 bits per heavy atom. The van der Waals surface area contributed by atoms with Gasteiger partial charge in [-0.05, 0) is 42.8 Å². The lowest BCUT2D eigenvalue weighted by Crippen LogP contribution is -2.43. The van der Waals surface area contributed by atoms with E-state index in [1.54, 1.807) is 11.1 Å². The molecule has 3 fully saturated rings. The molecule has 0 radical (unpaired) electrons. The number of pyridine rings is 1. The first kappa shape index (κ1) is 30.8. The quantitative estimate of drug-likeness (QED) is 0.423. The third-order valence-corrected chi connectivity index (χ3v) is 8.12. The zero-order valence-electron chi connectivity index (χ0n) is 24.1. The van der Waals surface area contributed by atoms with Crippen LogP contribution in [0.25, 0.3) is 0 Å². The number of rotatable bonds is 9. The molecule has 0 spiro atoms. The van der Waals surface area contributed by atoms with E-state index in [9.17, 15) is 9.59 Å². The summed E-state index contributed by atoms with van der Waals surface area (Å²) in [4.78, 5) is 34.9. The SMILES string of the molecule is COC(=S)CC[C@H]1CN(c2cc(F)c(N3CCNN(C(=O)CCc4ccnc(N5CCOCC5)c4)CC3)c(F)c2)C(=O)O1. The predicted molar refractivity (Wildman–Crippen MR) is 160 cm³/mol. The van der Waals surface area contributed by atoms with Crippen molar-refractivity contribution >= 4 is 46.5 Å². The van der Waals surface area contributed by atoms with Crippen LogP contribution >= 0.6 is 12.2 Å². The van der Waals surface area contributed by atoms with Gasteiger partial charge in [-0.2, -0.15) is 0 Å². The molecule has 0 saturated carbocycles. The Kier molecular flexibility index (Phi) is 10.2. The minimum absolute atomic E-state index is 0.0817. The number of carbonyl (C=O) groups is 2. The van der Waals surface area contributed by atoms with Crippen molar-refractivity contribution in [1.82, 2.24) is 15.4 Å². The highest BCUT2D eigenvalue weighted by molar-refractivity contribution is 7.80. The summed E-state index contributed by atoms with van der Waals surface area (Å²) in [5, 5.41) is 1.92. The largest absolute Gasteiger partial charge is 0.490 e. The fraction of sp³-hybridized carbons (Fsp3) is 0.517. The van der Waals surface area contributed by atoms with Crippen LogP contribution in [0.2, 0.25) is 0 Å². The number of nitrogens with zero attached hydrogens (tertiary/aromatic N) is 5. The number of halogens is 2. The lowest BCUT2D eigenvalue weighted by molar-refractivity contribution is -0.133. The van der Waals surface area contributed by atoms with Gasteiger partial charge in [0.25, 0.3) is 0 Å². The molecule has 4 heterocycles. The maximum atomic E-state index is 15.3. The van der Waals surface area contributed by atoms with Crippen molar-refractivity contribution in [3.05, 3.63) is 47.7 Å². The first-order chi connectivity index (χ1) is 20.8. The average molecular weight is 619 g/mol. The van der Waals surface area contributed by atoms with Crippen LogP contribution in [0.3, 0.4) is 0 Å². The molecule has 1 aromatic heterocycles. The molecule has 0 bridgehead atoms. The van der Waals surface area contributed by atoms with E-state index < -0.39 is 23.8 Å². The topological polar surface area (TPSA) is 99.7 Å². The first-order valence-electron chi connectivity index (χ1n) is 14.4. The molecule has 3 aliphatic rings. The Hall–Kier alpha value is -3.62. The van der Waals surface area contributed by atoms with Gasteiger partial charge < -0.3 is 24.0 Å². The Balaban J connectivity index is 1.16. The summed E-state index contributed by atoms with van der Waals surface area (Å²) in [6.45, 7) is 4.14. The number of carbonyl (C=O) groups excluding carboxylic acids is 2. The third-order valence-electron chi connectivity index (χ3n) is 7.75. The average Bonchev–Trinajstić information content (AvgIpc) is 3.22. The number of ether oxygens (including phenoxy) is 3. The van der Waals surface area contributed by atoms with Crippen LogP contribution in [0.15, 0.2) is 30.5 Å². The van der Waals surface area contributed by atoms with Gasteiger partial charge in [0.05, 0.1) is 39.1 Å². The van der Waals surface area contributed by atoms with Gasteiger partial charge in [0.1, 0.15) is 17.6 Å². The molecular formula is C29H36F2N6O5S. The van der Waals surface area contributed by atoms with Gasteiger partial charge in [0.15, 0.2) is 16.7 Å². The molecule has 1 aromatic carbocycles. The number of hydrogen-bond acceptors (Lipinski definition) is 10. The number of anilines is 3. The Bertz CT molecular complexity index is 1310. The van der Waals surface area contributed by atoms with Crippen molar-refractivity contribution in [2.24, 2.45) is 0 Å². The molecule has 1 N–H and O–H groups in total. The van der Waals surface area contributed by atoms with Gasteiger partial charge >= 0.3 is 6.09 Å². The molecule has 232 valence electrons. The van der Waals surface area contributed by atoms with E-state index in [0.29, 0.717) is 44.1 Å². The first-order valence-corrected chi connectivity index (χ1v) is 14.8. The highest BCUT2D eigenvalue weighted by atomic mass is 32.1. The van der Waals surface area contributed by atoms with Crippen LogP contribution in [0.4, 0.5) is 30.8 Å². The number of benzene rings is 1. The van der Waals surface area contributed by atoms with Crippen molar-refractivity contribution in [3.8, 4) is 0 Å². The van der Waals surface area contributed by atoms with Crippen LogP contribution in [0.1, 0.15) is 24.8 Å². The third kappa shape index (κ3) is 7.67. The van der Waals surface area contributed by atoms with Crippen LogP contribution < -0.4 is 20.1 Å². The van der Waals surface area contributed by atoms with E-state index >= 15 is 8.78 Å². The van der Waals surface area contributed by atoms with Crippen LogP contribution in [-0.2, 0) is 25.4 Å². The van der Waals surface area contributed by atoms with E-state index in [4.69, 9.17) is 26.4 Å². The van der Waals surface area contributed by atoms with Crippen LogP contribution in [0.5, 0.6) is 0 Å². The fourth-order valence-electron chi connectivity index (χ4n) is 5.41. The number of thiocarbonyl (C=S) groups is 1. The molecule has 2 aromatic rings. The molecule has 0 aliphatic carbocycles. The molecule has 43 heavy (non-hydrogen) atoms. The monoisotopic (exact) mass is 618 g/mol. The summed E-state index contributed by atoms with van der Waals surface area (Å²) >= 11 is 5.03. The molecule has 14 heteroatoms. The number of morpholine rings is 1. The number of aryl methyl sites for hydroxylation is 1. The number of aromatic nitrogens is 1. The standard InChI is InChI=1S/C29H36F2N6O5S/c1-40-27(43)5-3-22-19-36(29(39)42-22)21-17-23(30)28(24(31)18-21)35-9-8-33-37(11-10-35)26(38)4-2-20-6-7-32-25(16-20)34-12-14-41-15-13-34/h6-7,16-18,22,33H,2-5,8-15,19H2,1H3/t22-/m0/s1. The van der Waals surface area contributed by atoms with E-state index in [2.05, 4.69) is 15.3 Å². The van der Waals surface area contributed by atoms with E-state index in [1.165, 1.54) is 17.0 Å². The second kappa shape index (κ2) is 14.2. The number of methoxy groups -OCH3 is 1. The number of amides is 2. The maximum absolute atomic E-state index is 15.3. The molecule has 0 unspecified atom stereocenters. The Morgan fingerprint density at radius 3 is 2.60 bits per heavy atom. The molecule has 1 atom stereocenters. The predicted octanol–water partition coefficient (Wildman–Crippen LogP) is 3.06. The molecule has 3 saturated heterocycles. The molecule has 3 aliphatic heterocycles. The summed E-state index contributed by atoms with van der Waals surface area (Å²) in [7, 11) is 1.48. The minimum atomic E-state index is -0.791.